The minimum Gasteiger partial charge on any atom is -0.305 e. The second kappa shape index (κ2) is 6.51. The fraction of sp³-hybridized carbons (Fsp3) is 0.471. The SMILES string of the molecule is CCC(NCc1cnc(C(C)(C)C)s1)c1ccccc1. The van der Waals surface area contributed by atoms with Gasteiger partial charge in [-0.25, -0.2) is 4.98 Å². The summed E-state index contributed by atoms with van der Waals surface area (Å²) in [5.41, 5.74) is 1.50. The first kappa shape index (κ1) is 15.2. The van der Waals surface area contributed by atoms with Gasteiger partial charge in [0.25, 0.3) is 0 Å². The molecule has 0 saturated carbocycles. The first-order valence-corrected chi connectivity index (χ1v) is 8.06. The molecule has 0 bridgehead atoms. The lowest BCUT2D eigenvalue weighted by Crippen LogP contribution is -2.19. The summed E-state index contributed by atoms with van der Waals surface area (Å²) in [5, 5.41) is 4.85. The second-order valence-electron chi connectivity index (χ2n) is 6.13. The topological polar surface area (TPSA) is 24.9 Å². The number of hydrogen-bond donors (Lipinski definition) is 1. The molecule has 2 nitrogen and oxygen atoms in total. The van der Waals surface area contributed by atoms with Crippen molar-refractivity contribution in [2.24, 2.45) is 0 Å². The first-order valence-electron chi connectivity index (χ1n) is 7.24. The van der Waals surface area contributed by atoms with Crippen LogP contribution in [0.4, 0.5) is 0 Å². The van der Waals surface area contributed by atoms with Crippen molar-refractivity contribution in [3.05, 3.63) is 52.0 Å². The molecule has 1 heterocycles. The van der Waals surface area contributed by atoms with Gasteiger partial charge in [-0.05, 0) is 12.0 Å². The molecule has 0 aliphatic heterocycles. The van der Waals surface area contributed by atoms with E-state index in [0.717, 1.165) is 13.0 Å². The van der Waals surface area contributed by atoms with E-state index in [2.05, 4.69) is 68.3 Å². The Hall–Kier alpha value is -1.19. The minimum atomic E-state index is 0.145. The Balaban J connectivity index is 1.99. The van der Waals surface area contributed by atoms with E-state index < -0.39 is 0 Å². The van der Waals surface area contributed by atoms with Gasteiger partial charge in [0.2, 0.25) is 0 Å². The number of nitrogens with one attached hydrogen (secondary N) is 1. The van der Waals surface area contributed by atoms with E-state index in [9.17, 15) is 0 Å². The van der Waals surface area contributed by atoms with Crippen molar-refractivity contribution in [2.45, 2.75) is 52.1 Å². The molecule has 0 fully saturated rings. The highest BCUT2D eigenvalue weighted by molar-refractivity contribution is 7.11. The molecule has 1 aromatic heterocycles. The van der Waals surface area contributed by atoms with Gasteiger partial charge in [-0.1, -0.05) is 58.0 Å². The summed E-state index contributed by atoms with van der Waals surface area (Å²) in [5.74, 6) is 0. The lowest BCUT2D eigenvalue weighted by molar-refractivity contribution is 0.521. The van der Waals surface area contributed by atoms with Crippen LogP contribution in [-0.4, -0.2) is 4.98 Å². The molecule has 1 aromatic carbocycles. The zero-order valence-electron chi connectivity index (χ0n) is 12.8. The highest BCUT2D eigenvalue weighted by atomic mass is 32.1. The lowest BCUT2D eigenvalue weighted by atomic mass is 9.98. The number of benzene rings is 1. The Kier molecular flexibility index (Phi) is 4.95. The minimum absolute atomic E-state index is 0.145. The van der Waals surface area contributed by atoms with Crippen molar-refractivity contribution in [1.82, 2.24) is 10.3 Å². The van der Waals surface area contributed by atoms with Gasteiger partial charge in [0.15, 0.2) is 0 Å². The molecule has 0 amide bonds. The van der Waals surface area contributed by atoms with Crippen LogP contribution in [0, 0.1) is 0 Å². The number of aromatic nitrogens is 1. The number of hydrogen-bond acceptors (Lipinski definition) is 3. The van der Waals surface area contributed by atoms with Gasteiger partial charge in [-0.2, -0.15) is 0 Å². The van der Waals surface area contributed by atoms with Gasteiger partial charge in [0, 0.05) is 29.1 Å². The Bertz CT molecular complexity index is 525. The average molecular weight is 288 g/mol. The third-order valence-electron chi connectivity index (χ3n) is 3.33. The Morgan fingerprint density at radius 2 is 1.90 bits per heavy atom. The van der Waals surface area contributed by atoms with Crippen LogP contribution in [0.2, 0.25) is 0 Å². The summed E-state index contributed by atoms with van der Waals surface area (Å²) in [4.78, 5) is 5.85. The average Bonchev–Trinajstić information content (AvgIpc) is 2.89. The van der Waals surface area contributed by atoms with Crippen molar-refractivity contribution in [1.29, 1.82) is 0 Å². The maximum absolute atomic E-state index is 4.54. The summed E-state index contributed by atoms with van der Waals surface area (Å²) in [6.45, 7) is 9.74. The van der Waals surface area contributed by atoms with Gasteiger partial charge in [0.05, 0.1) is 5.01 Å². The molecule has 20 heavy (non-hydrogen) atoms. The lowest BCUT2D eigenvalue weighted by Gasteiger charge is -2.17. The smallest absolute Gasteiger partial charge is 0.0981 e. The van der Waals surface area contributed by atoms with Crippen LogP contribution in [0.1, 0.15) is 55.6 Å². The van der Waals surface area contributed by atoms with E-state index >= 15 is 0 Å². The summed E-state index contributed by atoms with van der Waals surface area (Å²) in [7, 11) is 0. The molecule has 0 spiro atoms. The van der Waals surface area contributed by atoms with Crippen molar-refractivity contribution < 1.29 is 0 Å². The largest absolute Gasteiger partial charge is 0.305 e. The number of thiazole rings is 1. The van der Waals surface area contributed by atoms with Crippen molar-refractivity contribution in [2.75, 3.05) is 0 Å². The maximum atomic E-state index is 4.54. The van der Waals surface area contributed by atoms with Gasteiger partial charge < -0.3 is 5.32 Å². The molecular formula is C17H24N2S. The van der Waals surface area contributed by atoms with Gasteiger partial charge >= 0.3 is 0 Å². The van der Waals surface area contributed by atoms with E-state index in [1.165, 1.54) is 15.4 Å². The molecule has 0 saturated heterocycles. The third-order valence-corrected chi connectivity index (χ3v) is 4.75. The summed E-state index contributed by atoms with van der Waals surface area (Å²) in [6, 6.07) is 11.1. The quantitative estimate of drug-likeness (QED) is 0.864. The standard InChI is InChI=1S/C17H24N2S/c1-5-15(13-9-7-6-8-10-13)18-11-14-12-19-16(20-14)17(2,3)4/h6-10,12,15,18H,5,11H2,1-4H3. The van der Waals surface area contributed by atoms with E-state index in [-0.39, 0.29) is 5.41 Å². The van der Waals surface area contributed by atoms with Crippen LogP contribution < -0.4 is 5.32 Å². The molecule has 2 aromatic rings. The van der Waals surface area contributed by atoms with Gasteiger partial charge in [-0.3, -0.25) is 0 Å². The van der Waals surface area contributed by atoms with Crippen LogP contribution in [-0.2, 0) is 12.0 Å². The predicted molar refractivity (Wildman–Crippen MR) is 87.1 cm³/mol. The molecule has 0 radical (unpaired) electrons. The van der Waals surface area contributed by atoms with Crippen LogP contribution >= 0.6 is 11.3 Å². The monoisotopic (exact) mass is 288 g/mol. The molecule has 3 heteroatoms. The van der Waals surface area contributed by atoms with E-state index in [0.29, 0.717) is 6.04 Å². The van der Waals surface area contributed by atoms with E-state index in [1.54, 1.807) is 0 Å². The second-order valence-corrected chi connectivity index (χ2v) is 7.25. The molecule has 1 unspecified atom stereocenters. The van der Waals surface area contributed by atoms with Crippen molar-refractivity contribution >= 4 is 11.3 Å². The van der Waals surface area contributed by atoms with Gasteiger partial charge in [0.1, 0.15) is 0 Å². The fourth-order valence-corrected chi connectivity index (χ4v) is 3.06. The van der Waals surface area contributed by atoms with Gasteiger partial charge in [-0.15, -0.1) is 11.3 Å². The van der Waals surface area contributed by atoms with Crippen LogP contribution in [0.25, 0.3) is 0 Å². The van der Waals surface area contributed by atoms with E-state index in [1.807, 2.05) is 17.5 Å². The highest BCUT2D eigenvalue weighted by Crippen LogP contribution is 2.27. The third kappa shape index (κ3) is 3.90. The summed E-state index contributed by atoms with van der Waals surface area (Å²) >= 11 is 1.81. The molecular weight excluding hydrogens is 264 g/mol. The molecule has 108 valence electrons. The molecule has 0 aliphatic rings. The number of nitrogens with zero attached hydrogens (tertiary/aromatic N) is 1. The first-order chi connectivity index (χ1) is 9.50. The number of rotatable bonds is 5. The van der Waals surface area contributed by atoms with Crippen LogP contribution in [0.15, 0.2) is 36.5 Å². The van der Waals surface area contributed by atoms with Crippen molar-refractivity contribution in [3.8, 4) is 0 Å². The molecule has 1 atom stereocenters. The van der Waals surface area contributed by atoms with Crippen LogP contribution in [0.5, 0.6) is 0 Å². The molecule has 2 rings (SSSR count). The molecule has 1 N–H and O–H groups in total. The predicted octanol–water partition coefficient (Wildman–Crippen LogP) is 4.68. The normalized spacial score (nSPS) is 13.4. The summed E-state index contributed by atoms with van der Waals surface area (Å²) in [6.07, 6.45) is 3.10. The van der Waals surface area contributed by atoms with E-state index in [4.69, 9.17) is 0 Å². The maximum Gasteiger partial charge on any atom is 0.0981 e. The Labute approximate surface area is 126 Å². The summed E-state index contributed by atoms with van der Waals surface area (Å²) < 4.78 is 0. The van der Waals surface area contributed by atoms with Crippen molar-refractivity contribution in [3.63, 3.8) is 0 Å². The fourth-order valence-electron chi connectivity index (χ4n) is 2.14. The highest BCUT2D eigenvalue weighted by Gasteiger charge is 2.18. The Morgan fingerprint density at radius 3 is 2.45 bits per heavy atom. The van der Waals surface area contributed by atoms with Crippen LogP contribution in [0.3, 0.4) is 0 Å². The Morgan fingerprint density at radius 1 is 1.20 bits per heavy atom. The zero-order chi connectivity index (χ0) is 14.6. The molecule has 0 aliphatic carbocycles. The zero-order valence-corrected chi connectivity index (χ0v) is 13.6.